The first-order valence-corrected chi connectivity index (χ1v) is 6.53. The van der Waals surface area contributed by atoms with Gasteiger partial charge in [0.1, 0.15) is 5.75 Å². The Morgan fingerprint density at radius 1 is 1.50 bits per heavy atom. The number of benzene rings is 1. The van der Waals surface area contributed by atoms with Gasteiger partial charge in [0.2, 0.25) is 0 Å². The third kappa shape index (κ3) is 3.99. The highest BCUT2D eigenvalue weighted by atomic mass is 79.9. The van der Waals surface area contributed by atoms with Crippen LogP contribution in [0.5, 0.6) is 5.75 Å². The largest absolute Gasteiger partial charge is 0.497 e. The first-order chi connectivity index (χ1) is 8.45. The maximum atomic E-state index is 12.0. The van der Waals surface area contributed by atoms with Crippen LogP contribution < -0.4 is 10.1 Å². The molecular formula is C13H19BrN2O2. The number of ether oxygens (including phenoxy) is 1. The molecule has 18 heavy (non-hydrogen) atoms. The molecule has 1 unspecified atom stereocenters. The van der Waals surface area contributed by atoms with Gasteiger partial charge >= 0.3 is 0 Å². The molecule has 0 bridgehead atoms. The smallest absolute Gasteiger partial charge is 0.252 e. The standard InChI is InChI=1S/C13H19BrN2O2/c1-9(16(2)3)8-15-13(17)11-7-10(18-4)5-6-12(11)14/h5-7,9H,8H2,1-4H3,(H,15,17). The van der Waals surface area contributed by atoms with E-state index in [4.69, 9.17) is 4.74 Å². The summed E-state index contributed by atoms with van der Waals surface area (Å²) < 4.78 is 5.88. The molecule has 0 heterocycles. The van der Waals surface area contributed by atoms with Crippen molar-refractivity contribution in [1.82, 2.24) is 10.2 Å². The molecule has 1 aromatic carbocycles. The molecule has 5 heteroatoms. The molecule has 0 saturated heterocycles. The molecule has 0 spiro atoms. The number of methoxy groups -OCH3 is 1. The number of carbonyl (C=O) groups is 1. The Hall–Kier alpha value is -1.07. The van der Waals surface area contributed by atoms with E-state index in [0.717, 1.165) is 4.47 Å². The van der Waals surface area contributed by atoms with Gasteiger partial charge in [-0.2, -0.15) is 0 Å². The Bertz CT molecular complexity index is 421. The number of nitrogens with one attached hydrogen (secondary N) is 1. The second kappa shape index (κ2) is 6.75. The Balaban J connectivity index is 2.72. The molecule has 0 aliphatic rings. The van der Waals surface area contributed by atoms with Crippen molar-refractivity contribution in [2.75, 3.05) is 27.7 Å². The van der Waals surface area contributed by atoms with E-state index in [-0.39, 0.29) is 5.91 Å². The number of hydrogen-bond donors (Lipinski definition) is 1. The fourth-order valence-electron chi connectivity index (χ4n) is 1.32. The minimum atomic E-state index is -0.102. The van der Waals surface area contributed by atoms with E-state index < -0.39 is 0 Å². The number of carbonyl (C=O) groups excluding carboxylic acids is 1. The van der Waals surface area contributed by atoms with E-state index in [9.17, 15) is 4.79 Å². The van der Waals surface area contributed by atoms with E-state index in [1.54, 1.807) is 13.2 Å². The van der Waals surface area contributed by atoms with Crippen molar-refractivity contribution in [2.45, 2.75) is 13.0 Å². The van der Waals surface area contributed by atoms with Crippen LogP contribution in [0.1, 0.15) is 17.3 Å². The lowest BCUT2D eigenvalue weighted by atomic mass is 10.2. The maximum Gasteiger partial charge on any atom is 0.252 e. The van der Waals surface area contributed by atoms with Gasteiger partial charge in [-0.1, -0.05) is 0 Å². The fraction of sp³-hybridized carbons (Fsp3) is 0.462. The Labute approximate surface area is 116 Å². The van der Waals surface area contributed by atoms with Crippen molar-refractivity contribution in [2.24, 2.45) is 0 Å². The van der Waals surface area contributed by atoms with Crippen molar-refractivity contribution in [3.63, 3.8) is 0 Å². The number of hydrogen-bond acceptors (Lipinski definition) is 3. The molecule has 0 fully saturated rings. The average Bonchev–Trinajstić information content (AvgIpc) is 2.35. The predicted octanol–water partition coefficient (Wildman–Crippen LogP) is 2.14. The van der Waals surface area contributed by atoms with Crippen LogP contribution in [0.15, 0.2) is 22.7 Å². The number of nitrogens with zero attached hydrogens (tertiary/aromatic N) is 1. The number of amides is 1. The number of rotatable bonds is 5. The third-order valence-corrected chi connectivity index (χ3v) is 3.55. The summed E-state index contributed by atoms with van der Waals surface area (Å²) in [5, 5.41) is 2.91. The lowest BCUT2D eigenvalue weighted by molar-refractivity contribution is 0.0942. The van der Waals surface area contributed by atoms with Crippen LogP contribution >= 0.6 is 15.9 Å². The molecule has 0 radical (unpaired) electrons. The van der Waals surface area contributed by atoms with Crippen molar-refractivity contribution in [3.8, 4) is 5.75 Å². The van der Waals surface area contributed by atoms with Crippen molar-refractivity contribution < 1.29 is 9.53 Å². The normalized spacial score (nSPS) is 12.3. The lowest BCUT2D eigenvalue weighted by Crippen LogP contribution is -2.38. The highest BCUT2D eigenvalue weighted by molar-refractivity contribution is 9.10. The summed E-state index contributed by atoms with van der Waals surface area (Å²) in [7, 11) is 5.55. The molecule has 1 atom stereocenters. The van der Waals surface area contributed by atoms with Crippen molar-refractivity contribution >= 4 is 21.8 Å². The van der Waals surface area contributed by atoms with Crippen LogP contribution in [0.3, 0.4) is 0 Å². The zero-order chi connectivity index (χ0) is 13.7. The summed E-state index contributed by atoms with van der Waals surface area (Å²) in [6.07, 6.45) is 0. The van der Waals surface area contributed by atoms with Crippen LogP contribution in [0.4, 0.5) is 0 Å². The summed E-state index contributed by atoms with van der Waals surface area (Å²) in [6.45, 7) is 2.66. The van der Waals surface area contributed by atoms with Gasteiger partial charge in [-0.05, 0) is 55.1 Å². The summed E-state index contributed by atoms with van der Waals surface area (Å²) in [5.74, 6) is 0.568. The fourth-order valence-corrected chi connectivity index (χ4v) is 1.75. The van der Waals surface area contributed by atoms with Gasteiger partial charge in [0.25, 0.3) is 5.91 Å². The molecule has 0 aliphatic heterocycles. The zero-order valence-electron chi connectivity index (χ0n) is 11.2. The first-order valence-electron chi connectivity index (χ1n) is 5.74. The van der Waals surface area contributed by atoms with Crippen LogP contribution in [0, 0.1) is 0 Å². The quantitative estimate of drug-likeness (QED) is 0.905. The number of halogens is 1. The Kier molecular flexibility index (Phi) is 5.62. The van der Waals surface area contributed by atoms with Gasteiger partial charge in [0.05, 0.1) is 12.7 Å². The van der Waals surface area contributed by atoms with Crippen LogP contribution in [0.25, 0.3) is 0 Å². The first kappa shape index (κ1) is 15.0. The van der Waals surface area contributed by atoms with Gasteiger partial charge in [0.15, 0.2) is 0 Å². The second-order valence-electron chi connectivity index (χ2n) is 4.37. The summed E-state index contributed by atoms with van der Waals surface area (Å²) in [6, 6.07) is 5.63. The van der Waals surface area contributed by atoms with Crippen LogP contribution in [-0.2, 0) is 0 Å². The van der Waals surface area contributed by atoms with E-state index in [1.807, 2.05) is 26.2 Å². The molecular weight excluding hydrogens is 296 g/mol. The van der Waals surface area contributed by atoms with Crippen molar-refractivity contribution in [1.29, 1.82) is 0 Å². The highest BCUT2D eigenvalue weighted by Gasteiger charge is 2.13. The highest BCUT2D eigenvalue weighted by Crippen LogP contribution is 2.22. The van der Waals surface area contributed by atoms with E-state index in [0.29, 0.717) is 23.9 Å². The molecule has 1 N–H and O–H groups in total. The van der Waals surface area contributed by atoms with Gasteiger partial charge < -0.3 is 15.0 Å². The molecule has 1 aromatic rings. The van der Waals surface area contributed by atoms with E-state index in [1.165, 1.54) is 0 Å². The summed E-state index contributed by atoms with van der Waals surface area (Å²) >= 11 is 3.37. The van der Waals surface area contributed by atoms with Gasteiger partial charge in [-0.15, -0.1) is 0 Å². The Morgan fingerprint density at radius 2 is 2.17 bits per heavy atom. The monoisotopic (exact) mass is 314 g/mol. The van der Waals surface area contributed by atoms with Gasteiger partial charge in [-0.3, -0.25) is 4.79 Å². The van der Waals surface area contributed by atoms with E-state index >= 15 is 0 Å². The molecule has 100 valence electrons. The molecule has 0 saturated carbocycles. The zero-order valence-corrected chi connectivity index (χ0v) is 12.7. The SMILES string of the molecule is COc1ccc(Br)c(C(=O)NCC(C)N(C)C)c1. The van der Waals surface area contributed by atoms with Gasteiger partial charge in [0, 0.05) is 17.1 Å². The number of likely N-dealkylation sites (N-methyl/N-ethyl adjacent to an activating group) is 1. The molecule has 4 nitrogen and oxygen atoms in total. The summed E-state index contributed by atoms with van der Waals surface area (Å²) in [4.78, 5) is 14.1. The predicted molar refractivity (Wildman–Crippen MR) is 76.2 cm³/mol. The van der Waals surface area contributed by atoms with E-state index in [2.05, 4.69) is 33.1 Å². The van der Waals surface area contributed by atoms with Crippen LogP contribution in [0.2, 0.25) is 0 Å². The van der Waals surface area contributed by atoms with Crippen molar-refractivity contribution in [3.05, 3.63) is 28.2 Å². The minimum absolute atomic E-state index is 0.102. The minimum Gasteiger partial charge on any atom is -0.497 e. The van der Waals surface area contributed by atoms with Crippen LogP contribution in [-0.4, -0.2) is 44.6 Å². The average molecular weight is 315 g/mol. The third-order valence-electron chi connectivity index (χ3n) is 2.86. The summed E-state index contributed by atoms with van der Waals surface area (Å²) in [5.41, 5.74) is 0.584. The second-order valence-corrected chi connectivity index (χ2v) is 5.22. The van der Waals surface area contributed by atoms with Gasteiger partial charge in [-0.25, -0.2) is 0 Å². The lowest BCUT2D eigenvalue weighted by Gasteiger charge is -2.20. The molecule has 1 rings (SSSR count). The topological polar surface area (TPSA) is 41.6 Å². The molecule has 1 amide bonds. The maximum absolute atomic E-state index is 12.0. The molecule has 0 aromatic heterocycles. The molecule has 0 aliphatic carbocycles. The Morgan fingerprint density at radius 3 is 2.72 bits per heavy atom.